The first kappa shape index (κ1) is 25.4. The average Bonchev–Trinajstić information content (AvgIpc) is 2.88. The van der Waals surface area contributed by atoms with Gasteiger partial charge in [-0.25, -0.2) is 0 Å². The van der Waals surface area contributed by atoms with Crippen molar-refractivity contribution in [2.75, 3.05) is 28.4 Å². The molecule has 1 saturated carbocycles. The predicted molar refractivity (Wildman–Crippen MR) is 140 cm³/mol. The zero-order valence-corrected chi connectivity index (χ0v) is 22.2. The van der Waals surface area contributed by atoms with Gasteiger partial charge in [0.2, 0.25) is 5.75 Å². The summed E-state index contributed by atoms with van der Waals surface area (Å²) < 4.78 is 21.9. The molecule has 0 bridgehead atoms. The first-order valence-electron chi connectivity index (χ1n) is 12.6. The summed E-state index contributed by atoms with van der Waals surface area (Å²) in [5.41, 5.74) is 4.59. The fourth-order valence-corrected chi connectivity index (χ4v) is 6.62. The smallest absolute Gasteiger partial charge is 0.203 e. The van der Waals surface area contributed by atoms with E-state index in [1.165, 1.54) is 11.1 Å². The Labute approximate surface area is 210 Å². The minimum Gasteiger partial charge on any atom is -0.497 e. The molecule has 4 rings (SSSR count). The van der Waals surface area contributed by atoms with Crippen LogP contribution >= 0.6 is 0 Å². The van der Waals surface area contributed by atoms with Crippen LogP contribution in [0.5, 0.6) is 23.0 Å². The quantitative estimate of drug-likeness (QED) is 0.506. The fourth-order valence-electron chi connectivity index (χ4n) is 6.62. The van der Waals surface area contributed by atoms with Crippen LogP contribution in [0.2, 0.25) is 0 Å². The molecule has 1 N–H and O–H groups in total. The Morgan fingerprint density at radius 3 is 2.29 bits per heavy atom. The molecule has 5 heteroatoms. The first-order valence-corrected chi connectivity index (χ1v) is 12.6. The molecule has 0 spiro atoms. The van der Waals surface area contributed by atoms with Gasteiger partial charge in [-0.05, 0) is 96.9 Å². The highest BCUT2D eigenvalue weighted by Crippen LogP contribution is 2.56. The minimum atomic E-state index is -0.533. The Hall–Kier alpha value is -2.66. The van der Waals surface area contributed by atoms with Crippen LogP contribution in [0.25, 0.3) is 6.08 Å². The van der Waals surface area contributed by atoms with Gasteiger partial charge in [-0.3, -0.25) is 0 Å². The van der Waals surface area contributed by atoms with Crippen molar-refractivity contribution in [2.45, 2.75) is 58.5 Å². The van der Waals surface area contributed by atoms with E-state index in [1.807, 2.05) is 25.1 Å². The molecule has 0 aliphatic heterocycles. The van der Waals surface area contributed by atoms with Gasteiger partial charge in [0.25, 0.3) is 0 Å². The average molecular weight is 481 g/mol. The monoisotopic (exact) mass is 480 g/mol. The number of benzene rings is 2. The molecular formula is C30H40O5. The highest BCUT2D eigenvalue weighted by Gasteiger charge is 2.49. The lowest BCUT2D eigenvalue weighted by atomic mass is 9.53. The van der Waals surface area contributed by atoms with Crippen LogP contribution < -0.4 is 18.9 Å². The zero-order chi connectivity index (χ0) is 25.3. The third-order valence-corrected chi connectivity index (χ3v) is 8.83. The predicted octanol–water partition coefficient (Wildman–Crippen LogP) is 6.27. The van der Waals surface area contributed by atoms with Crippen molar-refractivity contribution in [1.29, 1.82) is 0 Å². The van der Waals surface area contributed by atoms with Crippen molar-refractivity contribution >= 4 is 6.08 Å². The van der Waals surface area contributed by atoms with Crippen LogP contribution in [0.15, 0.2) is 35.9 Å². The van der Waals surface area contributed by atoms with E-state index in [2.05, 4.69) is 32.0 Å². The second-order valence-corrected chi connectivity index (χ2v) is 10.5. The number of methoxy groups -OCH3 is 4. The summed E-state index contributed by atoms with van der Waals surface area (Å²) >= 11 is 0. The second kappa shape index (κ2) is 10.1. The van der Waals surface area contributed by atoms with Crippen LogP contribution in [0.1, 0.15) is 62.6 Å². The molecule has 2 aromatic carbocycles. The molecule has 3 unspecified atom stereocenters. The molecular weight excluding hydrogens is 440 g/mol. The molecule has 2 aliphatic rings. The van der Waals surface area contributed by atoms with Crippen molar-refractivity contribution in [3.05, 3.63) is 52.6 Å². The van der Waals surface area contributed by atoms with E-state index in [4.69, 9.17) is 18.9 Å². The topological polar surface area (TPSA) is 57.2 Å². The lowest BCUT2D eigenvalue weighted by molar-refractivity contribution is -0.0432. The fraction of sp³-hybridized carbons (Fsp3) is 0.533. The van der Waals surface area contributed by atoms with Gasteiger partial charge >= 0.3 is 0 Å². The zero-order valence-electron chi connectivity index (χ0n) is 22.2. The van der Waals surface area contributed by atoms with Crippen LogP contribution in [-0.2, 0) is 6.42 Å². The summed E-state index contributed by atoms with van der Waals surface area (Å²) in [7, 11) is 6.57. The number of rotatable bonds is 7. The summed E-state index contributed by atoms with van der Waals surface area (Å²) in [6.45, 7) is 6.65. The van der Waals surface area contributed by atoms with E-state index in [1.54, 1.807) is 28.4 Å². The Morgan fingerprint density at radius 1 is 1.00 bits per heavy atom. The maximum absolute atomic E-state index is 11.7. The first-order chi connectivity index (χ1) is 16.8. The largest absolute Gasteiger partial charge is 0.497 e. The van der Waals surface area contributed by atoms with Crippen LogP contribution in [-0.4, -0.2) is 39.6 Å². The molecule has 5 nitrogen and oxygen atoms in total. The minimum absolute atomic E-state index is 0.188. The molecule has 5 atom stereocenters. The van der Waals surface area contributed by atoms with Crippen LogP contribution in [0.4, 0.5) is 0 Å². The summed E-state index contributed by atoms with van der Waals surface area (Å²) in [5, 5.41) is 11.7. The lowest BCUT2D eigenvalue weighted by Gasteiger charge is -2.53. The summed E-state index contributed by atoms with van der Waals surface area (Å²) in [6.07, 6.45) is 5.83. The van der Waals surface area contributed by atoms with E-state index in [0.29, 0.717) is 35.0 Å². The SMILES string of the molecule is COc1ccc2c(c1)CCC1C2CC[C@](C)([C@@H](O)/C(C)=C/c2cc(OC)c(OC)c(OC)c2)C1C. The molecule has 0 heterocycles. The Bertz CT molecular complexity index is 1070. The normalized spacial score (nSPS) is 26.9. The van der Waals surface area contributed by atoms with Crippen molar-refractivity contribution in [1.82, 2.24) is 0 Å². The Morgan fingerprint density at radius 2 is 1.69 bits per heavy atom. The van der Waals surface area contributed by atoms with Gasteiger partial charge in [0.15, 0.2) is 11.5 Å². The maximum Gasteiger partial charge on any atom is 0.203 e. The van der Waals surface area contributed by atoms with Gasteiger partial charge in [0.1, 0.15) is 5.75 Å². The molecule has 0 amide bonds. The van der Waals surface area contributed by atoms with Crippen molar-refractivity contribution < 1.29 is 24.1 Å². The number of fused-ring (bicyclic) bond motifs is 3. The molecule has 1 fully saturated rings. The molecule has 2 aliphatic carbocycles. The molecule has 0 aromatic heterocycles. The number of aliphatic hydroxyl groups is 1. The van der Waals surface area contributed by atoms with Crippen LogP contribution in [0, 0.1) is 17.3 Å². The van der Waals surface area contributed by atoms with Crippen molar-refractivity contribution in [3.8, 4) is 23.0 Å². The molecule has 0 radical (unpaired) electrons. The molecule has 0 saturated heterocycles. The summed E-state index contributed by atoms with van der Waals surface area (Å²) in [4.78, 5) is 0. The summed E-state index contributed by atoms with van der Waals surface area (Å²) in [5.74, 6) is 4.25. The Kier molecular flexibility index (Phi) is 7.37. The van der Waals surface area contributed by atoms with E-state index < -0.39 is 6.10 Å². The third-order valence-electron chi connectivity index (χ3n) is 8.83. The van der Waals surface area contributed by atoms with Gasteiger partial charge in [-0.2, -0.15) is 0 Å². The van der Waals surface area contributed by atoms with Crippen molar-refractivity contribution in [2.24, 2.45) is 17.3 Å². The van der Waals surface area contributed by atoms with Gasteiger partial charge in [0.05, 0.1) is 34.5 Å². The third kappa shape index (κ3) is 4.51. The molecule has 190 valence electrons. The van der Waals surface area contributed by atoms with Gasteiger partial charge < -0.3 is 24.1 Å². The number of hydrogen-bond donors (Lipinski definition) is 1. The standard InChI is InChI=1S/C30H40O5/c1-18(14-20-15-26(33-5)28(35-7)27(16-20)34-6)29(31)30(3)13-12-25-23(19(30)2)10-8-21-17-22(32-4)9-11-24(21)25/h9,11,14-17,19,23,25,29,31H,8,10,12-13H2,1-7H3/b18-14+/t19?,23?,25?,29-,30-/m0/s1. The second-order valence-electron chi connectivity index (χ2n) is 10.5. The van der Waals surface area contributed by atoms with Crippen LogP contribution in [0.3, 0.4) is 0 Å². The molecule has 35 heavy (non-hydrogen) atoms. The van der Waals surface area contributed by atoms with E-state index >= 15 is 0 Å². The highest BCUT2D eigenvalue weighted by molar-refractivity contribution is 5.63. The number of hydrogen-bond acceptors (Lipinski definition) is 5. The number of aryl methyl sites for hydroxylation is 1. The number of aliphatic hydroxyl groups excluding tert-OH is 1. The maximum atomic E-state index is 11.7. The van der Waals surface area contributed by atoms with Crippen molar-refractivity contribution in [3.63, 3.8) is 0 Å². The van der Waals surface area contributed by atoms with E-state index in [0.717, 1.165) is 42.6 Å². The van der Waals surface area contributed by atoms with E-state index in [9.17, 15) is 5.11 Å². The Balaban J connectivity index is 1.59. The lowest BCUT2D eigenvalue weighted by Crippen LogP contribution is -2.48. The van der Waals surface area contributed by atoms with Gasteiger partial charge in [-0.15, -0.1) is 0 Å². The number of ether oxygens (including phenoxy) is 4. The van der Waals surface area contributed by atoms with E-state index in [-0.39, 0.29) is 5.41 Å². The highest BCUT2D eigenvalue weighted by atomic mass is 16.5. The molecule has 2 aromatic rings. The van der Waals surface area contributed by atoms with Gasteiger partial charge in [-0.1, -0.05) is 26.0 Å². The summed E-state index contributed by atoms with van der Waals surface area (Å²) in [6, 6.07) is 10.4. The van der Waals surface area contributed by atoms with Gasteiger partial charge in [0, 0.05) is 5.41 Å².